The first kappa shape index (κ1) is 18.7. The predicted molar refractivity (Wildman–Crippen MR) is 107 cm³/mol. The third-order valence-corrected chi connectivity index (χ3v) is 5.45. The van der Waals surface area contributed by atoms with Gasteiger partial charge in [-0.1, -0.05) is 6.92 Å². The fourth-order valence-electron chi connectivity index (χ4n) is 4.21. The van der Waals surface area contributed by atoms with Crippen LogP contribution in [0.2, 0.25) is 0 Å². The molecule has 0 radical (unpaired) electrons. The largest absolute Gasteiger partial charge is 0.378 e. The third-order valence-electron chi connectivity index (χ3n) is 5.45. The van der Waals surface area contributed by atoms with Crippen molar-refractivity contribution in [3.8, 4) is 6.07 Å². The number of fused-ring (bicyclic) bond motifs is 1. The lowest BCUT2D eigenvalue weighted by molar-refractivity contribution is -0.126. The second-order valence-corrected chi connectivity index (χ2v) is 7.68. The molecule has 7 nitrogen and oxygen atoms in total. The number of amides is 1. The van der Waals surface area contributed by atoms with Crippen molar-refractivity contribution in [2.75, 3.05) is 37.7 Å². The SMILES string of the molecule is C[C@H]1C[C@@H](NC(=O)[C@H]2COCCN2)CN(c2ccc(C#N)c3ncccc23)C1. The van der Waals surface area contributed by atoms with Crippen LogP contribution in [-0.4, -0.2) is 55.8 Å². The van der Waals surface area contributed by atoms with Crippen LogP contribution in [0.4, 0.5) is 5.69 Å². The van der Waals surface area contributed by atoms with Crippen molar-refractivity contribution in [1.82, 2.24) is 15.6 Å². The molecule has 2 saturated heterocycles. The Kier molecular flexibility index (Phi) is 5.42. The second kappa shape index (κ2) is 8.13. The van der Waals surface area contributed by atoms with Crippen LogP contribution in [0.15, 0.2) is 30.5 Å². The number of pyridine rings is 1. The number of nitriles is 1. The molecule has 0 aliphatic carbocycles. The molecule has 1 amide bonds. The van der Waals surface area contributed by atoms with Crippen LogP contribution in [-0.2, 0) is 9.53 Å². The van der Waals surface area contributed by atoms with Gasteiger partial charge in [0.15, 0.2) is 0 Å². The van der Waals surface area contributed by atoms with E-state index in [0.29, 0.717) is 31.2 Å². The number of anilines is 1. The first-order chi connectivity index (χ1) is 13.7. The van der Waals surface area contributed by atoms with Crippen LogP contribution in [0.25, 0.3) is 10.9 Å². The lowest BCUT2D eigenvalue weighted by Crippen LogP contribution is -2.57. The number of hydrogen-bond acceptors (Lipinski definition) is 6. The van der Waals surface area contributed by atoms with Gasteiger partial charge in [0.2, 0.25) is 5.91 Å². The summed E-state index contributed by atoms with van der Waals surface area (Å²) in [7, 11) is 0. The van der Waals surface area contributed by atoms with Gasteiger partial charge in [-0.15, -0.1) is 0 Å². The highest BCUT2D eigenvalue weighted by molar-refractivity contribution is 5.95. The van der Waals surface area contributed by atoms with E-state index in [4.69, 9.17) is 4.74 Å². The number of rotatable bonds is 3. The van der Waals surface area contributed by atoms with Gasteiger partial charge in [-0.25, -0.2) is 0 Å². The van der Waals surface area contributed by atoms with Crippen LogP contribution in [0.3, 0.4) is 0 Å². The van der Waals surface area contributed by atoms with Crippen molar-refractivity contribution in [2.45, 2.75) is 25.4 Å². The summed E-state index contributed by atoms with van der Waals surface area (Å²) in [5, 5.41) is 16.8. The van der Waals surface area contributed by atoms with E-state index in [1.54, 1.807) is 6.20 Å². The zero-order valence-corrected chi connectivity index (χ0v) is 16.0. The maximum atomic E-state index is 12.6. The lowest BCUT2D eigenvalue weighted by Gasteiger charge is -2.39. The Labute approximate surface area is 164 Å². The van der Waals surface area contributed by atoms with Crippen molar-refractivity contribution in [3.05, 3.63) is 36.0 Å². The normalized spacial score (nSPS) is 25.3. The van der Waals surface area contributed by atoms with Gasteiger partial charge in [-0.3, -0.25) is 9.78 Å². The molecular weight excluding hydrogens is 354 g/mol. The number of benzene rings is 1. The highest BCUT2D eigenvalue weighted by atomic mass is 16.5. The van der Waals surface area contributed by atoms with Gasteiger partial charge in [-0.05, 0) is 36.6 Å². The topological polar surface area (TPSA) is 90.3 Å². The number of aromatic nitrogens is 1. The zero-order chi connectivity index (χ0) is 19.5. The average Bonchev–Trinajstić information content (AvgIpc) is 2.73. The van der Waals surface area contributed by atoms with Gasteiger partial charge in [0.05, 0.1) is 24.3 Å². The third kappa shape index (κ3) is 3.79. The Morgan fingerprint density at radius 2 is 2.29 bits per heavy atom. The lowest BCUT2D eigenvalue weighted by atomic mass is 9.94. The summed E-state index contributed by atoms with van der Waals surface area (Å²) in [4.78, 5) is 19.3. The first-order valence-corrected chi connectivity index (χ1v) is 9.80. The zero-order valence-electron chi connectivity index (χ0n) is 16.0. The number of hydrogen-bond donors (Lipinski definition) is 2. The minimum absolute atomic E-state index is 0.00473. The molecule has 3 heterocycles. The van der Waals surface area contributed by atoms with E-state index in [1.807, 2.05) is 24.3 Å². The number of carbonyl (C=O) groups is 1. The molecule has 0 bridgehead atoms. The maximum Gasteiger partial charge on any atom is 0.239 e. The van der Waals surface area contributed by atoms with Crippen LogP contribution in [0.5, 0.6) is 0 Å². The van der Waals surface area contributed by atoms with Crippen molar-refractivity contribution < 1.29 is 9.53 Å². The van der Waals surface area contributed by atoms with E-state index in [9.17, 15) is 10.1 Å². The standard InChI is InChI=1S/C21H25N5O2/c1-14-9-16(25-21(27)18-13-28-8-7-23-18)12-26(11-14)19-5-4-15(10-22)20-17(19)3-2-6-24-20/h2-6,14,16,18,23H,7-9,11-13H2,1H3,(H,25,27)/t14-,16+,18+/m0/s1. The molecule has 146 valence electrons. The maximum absolute atomic E-state index is 12.6. The summed E-state index contributed by atoms with van der Waals surface area (Å²) in [5.41, 5.74) is 2.37. The molecule has 0 spiro atoms. The molecule has 2 N–H and O–H groups in total. The summed E-state index contributed by atoms with van der Waals surface area (Å²) >= 11 is 0. The highest BCUT2D eigenvalue weighted by Gasteiger charge is 2.30. The summed E-state index contributed by atoms with van der Waals surface area (Å²) in [6.07, 6.45) is 2.66. The van der Waals surface area contributed by atoms with Gasteiger partial charge in [-0.2, -0.15) is 5.26 Å². The minimum atomic E-state index is -0.278. The van der Waals surface area contributed by atoms with E-state index in [1.165, 1.54) is 0 Å². The monoisotopic (exact) mass is 379 g/mol. The number of morpholine rings is 1. The molecule has 4 rings (SSSR count). The molecule has 2 aliphatic heterocycles. The Hall–Kier alpha value is -2.69. The van der Waals surface area contributed by atoms with Crippen LogP contribution >= 0.6 is 0 Å². The molecule has 28 heavy (non-hydrogen) atoms. The molecular formula is C21H25N5O2. The van der Waals surface area contributed by atoms with E-state index in [2.05, 4.69) is 33.5 Å². The average molecular weight is 379 g/mol. The molecule has 7 heteroatoms. The van der Waals surface area contributed by atoms with Gasteiger partial charge in [0.25, 0.3) is 0 Å². The van der Waals surface area contributed by atoms with Gasteiger partial charge in [0.1, 0.15) is 12.1 Å². The van der Waals surface area contributed by atoms with Gasteiger partial charge in [0, 0.05) is 42.9 Å². The van der Waals surface area contributed by atoms with Crippen LogP contribution in [0, 0.1) is 17.2 Å². The summed E-state index contributed by atoms with van der Waals surface area (Å²) in [6, 6.07) is 9.75. The summed E-state index contributed by atoms with van der Waals surface area (Å²) < 4.78 is 5.41. The fraction of sp³-hybridized carbons (Fsp3) is 0.476. The van der Waals surface area contributed by atoms with E-state index in [0.717, 1.165) is 36.1 Å². The fourth-order valence-corrected chi connectivity index (χ4v) is 4.21. The van der Waals surface area contributed by atoms with Crippen molar-refractivity contribution in [1.29, 1.82) is 5.26 Å². The van der Waals surface area contributed by atoms with Gasteiger partial charge >= 0.3 is 0 Å². The Morgan fingerprint density at radius 1 is 1.39 bits per heavy atom. The molecule has 1 aromatic carbocycles. The number of piperidine rings is 1. The number of nitrogens with one attached hydrogen (secondary N) is 2. The number of ether oxygens (including phenoxy) is 1. The predicted octanol–water partition coefficient (Wildman–Crippen LogP) is 1.43. The smallest absolute Gasteiger partial charge is 0.239 e. The molecule has 0 saturated carbocycles. The molecule has 2 aliphatic rings. The Balaban J connectivity index is 1.55. The summed E-state index contributed by atoms with van der Waals surface area (Å²) in [5.74, 6) is 0.446. The van der Waals surface area contributed by atoms with Crippen LogP contribution < -0.4 is 15.5 Å². The molecule has 2 fully saturated rings. The summed E-state index contributed by atoms with van der Waals surface area (Å²) in [6.45, 7) is 5.63. The minimum Gasteiger partial charge on any atom is -0.378 e. The number of carbonyl (C=O) groups excluding carboxylic acids is 1. The molecule has 2 aromatic rings. The van der Waals surface area contributed by atoms with Gasteiger partial charge < -0.3 is 20.3 Å². The Bertz CT molecular complexity index is 903. The Morgan fingerprint density at radius 3 is 3.07 bits per heavy atom. The quantitative estimate of drug-likeness (QED) is 0.838. The molecule has 1 aromatic heterocycles. The second-order valence-electron chi connectivity index (χ2n) is 7.68. The van der Waals surface area contributed by atoms with Crippen molar-refractivity contribution in [3.63, 3.8) is 0 Å². The highest BCUT2D eigenvalue weighted by Crippen LogP contribution is 2.31. The molecule has 0 unspecified atom stereocenters. The first-order valence-electron chi connectivity index (χ1n) is 9.80. The molecule has 3 atom stereocenters. The van der Waals surface area contributed by atoms with Crippen LogP contribution in [0.1, 0.15) is 18.9 Å². The van der Waals surface area contributed by atoms with Crippen molar-refractivity contribution >= 4 is 22.5 Å². The van der Waals surface area contributed by atoms with E-state index >= 15 is 0 Å². The van der Waals surface area contributed by atoms with E-state index < -0.39 is 0 Å². The van der Waals surface area contributed by atoms with E-state index in [-0.39, 0.29) is 18.0 Å². The number of nitrogens with zero attached hydrogens (tertiary/aromatic N) is 3. The van der Waals surface area contributed by atoms with Crippen molar-refractivity contribution in [2.24, 2.45) is 5.92 Å².